The molecule has 3 heterocycles. The SMILES string of the molecule is CCN1CCCC(c2cn3c(n2)C(O)CCC3)C1. The Bertz CT molecular complexity index is 415. The first kappa shape index (κ1) is 12.2. The van der Waals surface area contributed by atoms with Crippen LogP contribution in [-0.2, 0) is 6.54 Å². The molecule has 1 saturated heterocycles. The number of hydrogen-bond donors (Lipinski definition) is 1. The van der Waals surface area contributed by atoms with E-state index in [9.17, 15) is 5.11 Å². The van der Waals surface area contributed by atoms with Crippen LogP contribution >= 0.6 is 0 Å². The van der Waals surface area contributed by atoms with Crippen LogP contribution in [0.25, 0.3) is 0 Å². The van der Waals surface area contributed by atoms with Gasteiger partial charge in [-0.15, -0.1) is 0 Å². The highest BCUT2D eigenvalue weighted by Crippen LogP contribution is 2.30. The van der Waals surface area contributed by atoms with Gasteiger partial charge in [0.2, 0.25) is 0 Å². The van der Waals surface area contributed by atoms with Gasteiger partial charge >= 0.3 is 0 Å². The Morgan fingerprint density at radius 1 is 1.33 bits per heavy atom. The molecular formula is C14H23N3O. The molecule has 0 amide bonds. The fourth-order valence-electron chi connectivity index (χ4n) is 3.26. The first-order valence-corrected chi connectivity index (χ1v) is 7.25. The zero-order valence-corrected chi connectivity index (χ0v) is 11.2. The van der Waals surface area contributed by atoms with Crippen molar-refractivity contribution in [2.75, 3.05) is 19.6 Å². The maximum absolute atomic E-state index is 9.98. The molecule has 2 atom stereocenters. The molecule has 0 bridgehead atoms. The number of likely N-dealkylation sites (N-methyl/N-ethyl adjacent to an activating group) is 1. The number of aliphatic hydroxyl groups excluding tert-OH is 1. The molecule has 2 unspecified atom stereocenters. The lowest BCUT2D eigenvalue weighted by molar-refractivity contribution is 0.133. The lowest BCUT2D eigenvalue weighted by atomic mass is 9.95. The smallest absolute Gasteiger partial charge is 0.137 e. The van der Waals surface area contributed by atoms with Crippen molar-refractivity contribution in [1.82, 2.24) is 14.5 Å². The van der Waals surface area contributed by atoms with Crippen LogP contribution in [0.4, 0.5) is 0 Å². The van der Waals surface area contributed by atoms with Gasteiger partial charge in [-0.1, -0.05) is 6.92 Å². The monoisotopic (exact) mass is 249 g/mol. The molecule has 1 N–H and O–H groups in total. The third-order valence-corrected chi connectivity index (χ3v) is 4.37. The van der Waals surface area contributed by atoms with Crippen molar-refractivity contribution in [1.29, 1.82) is 0 Å². The number of aryl methyl sites for hydroxylation is 1. The minimum absolute atomic E-state index is 0.349. The fourth-order valence-corrected chi connectivity index (χ4v) is 3.26. The Hall–Kier alpha value is -0.870. The summed E-state index contributed by atoms with van der Waals surface area (Å²) in [5.74, 6) is 1.45. The lowest BCUT2D eigenvalue weighted by Crippen LogP contribution is -2.34. The molecule has 1 aromatic heterocycles. The number of fused-ring (bicyclic) bond motifs is 1. The Balaban J connectivity index is 1.80. The van der Waals surface area contributed by atoms with Crippen molar-refractivity contribution < 1.29 is 5.11 Å². The Kier molecular flexibility index (Phi) is 3.39. The van der Waals surface area contributed by atoms with E-state index >= 15 is 0 Å². The summed E-state index contributed by atoms with van der Waals surface area (Å²) in [6, 6.07) is 0. The van der Waals surface area contributed by atoms with E-state index in [0.29, 0.717) is 5.92 Å². The van der Waals surface area contributed by atoms with Crippen molar-refractivity contribution in [2.45, 2.75) is 51.2 Å². The topological polar surface area (TPSA) is 41.3 Å². The van der Waals surface area contributed by atoms with Gasteiger partial charge in [-0.2, -0.15) is 0 Å². The van der Waals surface area contributed by atoms with E-state index < -0.39 is 0 Å². The number of hydrogen-bond acceptors (Lipinski definition) is 3. The van der Waals surface area contributed by atoms with Crippen LogP contribution in [0.5, 0.6) is 0 Å². The normalized spacial score (nSPS) is 29.2. The van der Waals surface area contributed by atoms with Crippen LogP contribution in [-0.4, -0.2) is 39.2 Å². The van der Waals surface area contributed by atoms with Gasteiger partial charge in [0.05, 0.1) is 5.69 Å². The molecule has 3 rings (SSSR count). The number of piperidine rings is 1. The van der Waals surface area contributed by atoms with Crippen molar-refractivity contribution >= 4 is 0 Å². The first-order chi connectivity index (χ1) is 8.78. The summed E-state index contributed by atoms with van der Waals surface area (Å²) >= 11 is 0. The summed E-state index contributed by atoms with van der Waals surface area (Å²) in [6.45, 7) is 6.73. The standard InChI is InChI=1S/C14H23N3O/c1-2-16-7-3-5-11(9-16)12-10-17-8-4-6-13(18)14(17)15-12/h10-11,13,18H,2-9H2,1H3. The summed E-state index contributed by atoms with van der Waals surface area (Å²) in [6.07, 6.45) is 6.27. The molecule has 4 nitrogen and oxygen atoms in total. The lowest BCUT2D eigenvalue weighted by Gasteiger charge is -2.30. The van der Waals surface area contributed by atoms with Gasteiger partial charge in [-0.05, 0) is 38.8 Å². The zero-order valence-electron chi connectivity index (χ0n) is 11.2. The van der Waals surface area contributed by atoms with Crippen LogP contribution in [0, 0.1) is 0 Å². The highest BCUT2D eigenvalue weighted by Gasteiger charge is 2.26. The summed E-state index contributed by atoms with van der Waals surface area (Å²) < 4.78 is 2.16. The average molecular weight is 249 g/mol. The van der Waals surface area contributed by atoms with E-state index in [1.165, 1.54) is 25.1 Å². The number of imidazole rings is 1. The van der Waals surface area contributed by atoms with Crippen LogP contribution in [0.2, 0.25) is 0 Å². The van der Waals surface area contributed by atoms with Gasteiger partial charge in [0.1, 0.15) is 11.9 Å². The third-order valence-electron chi connectivity index (χ3n) is 4.37. The van der Waals surface area contributed by atoms with E-state index in [1.807, 2.05) is 0 Å². The van der Waals surface area contributed by atoms with Gasteiger partial charge < -0.3 is 14.6 Å². The number of nitrogens with zero attached hydrogens (tertiary/aromatic N) is 3. The maximum Gasteiger partial charge on any atom is 0.137 e. The van der Waals surface area contributed by atoms with E-state index in [2.05, 4.69) is 22.6 Å². The molecular weight excluding hydrogens is 226 g/mol. The van der Waals surface area contributed by atoms with E-state index in [1.54, 1.807) is 0 Å². The van der Waals surface area contributed by atoms with E-state index in [-0.39, 0.29) is 6.10 Å². The molecule has 18 heavy (non-hydrogen) atoms. The van der Waals surface area contributed by atoms with Gasteiger partial charge in [0, 0.05) is 25.2 Å². The highest BCUT2D eigenvalue weighted by molar-refractivity contribution is 5.14. The van der Waals surface area contributed by atoms with Crippen molar-refractivity contribution in [2.24, 2.45) is 0 Å². The molecule has 2 aliphatic rings. The van der Waals surface area contributed by atoms with Crippen LogP contribution < -0.4 is 0 Å². The average Bonchev–Trinajstić information content (AvgIpc) is 2.84. The van der Waals surface area contributed by atoms with Gasteiger partial charge in [0.25, 0.3) is 0 Å². The van der Waals surface area contributed by atoms with Gasteiger partial charge in [-0.25, -0.2) is 4.98 Å². The van der Waals surface area contributed by atoms with E-state index in [0.717, 1.165) is 38.3 Å². The minimum atomic E-state index is -0.349. The number of aliphatic hydroxyl groups is 1. The molecule has 1 fully saturated rings. The second-order valence-corrected chi connectivity index (χ2v) is 5.61. The highest BCUT2D eigenvalue weighted by atomic mass is 16.3. The van der Waals surface area contributed by atoms with Crippen LogP contribution in [0.1, 0.15) is 56.1 Å². The molecule has 4 heteroatoms. The molecule has 1 aromatic rings. The summed E-state index contributed by atoms with van der Waals surface area (Å²) in [5.41, 5.74) is 1.20. The minimum Gasteiger partial charge on any atom is -0.385 e. The fraction of sp³-hybridized carbons (Fsp3) is 0.786. The molecule has 0 aromatic carbocycles. The quantitative estimate of drug-likeness (QED) is 0.870. The molecule has 0 aliphatic carbocycles. The molecule has 0 spiro atoms. The van der Waals surface area contributed by atoms with Gasteiger partial charge in [0.15, 0.2) is 0 Å². The maximum atomic E-state index is 9.98. The molecule has 0 saturated carbocycles. The van der Waals surface area contributed by atoms with Crippen molar-refractivity contribution in [3.63, 3.8) is 0 Å². The Morgan fingerprint density at radius 3 is 2.94 bits per heavy atom. The Labute approximate surface area is 109 Å². The summed E-state index contributed by atoms with van der Waals surface area (Å²) in [4.78, 5) is 7.21. The predicted octanol–water partition coefficient (Wildman–Crippen LogP) is 1.91. The number of aromatic nitrogens is 2. The van der Waals surface area contributed by atoms with E-state index in [4.69, 9.17) is 4.98 Å². The third kappa shape index (κ3) is 2.19. The zero-order chi connectivity index (χ0) is 12.5. The van der Waals surface area contributed by atoms with Crippen LogP contribution in [0.15, 0.2) is 6.20 Å². The van der Waals surface area contributed by atoms with Crippen LogP contribution in [0.3, 0.4) is 0 Å². The second-order valence-electron chi connectivity index (χ2n) is 5.61. The first-order valence-electron chi connectivity index (χ1n) is 7.25. The number of likely N-dealkylation sites (tertiary alicyclic amines) is 1. The Morgan fingerprint density at radius 2 is 2.17 bits per heavy atom. The van der Waals surface area contributed by atoms with Gasteiger partial charge in [-0.3, -0.25) is 0 Å². The summed E-state index contributed by atoms with van der Waals surface area (Å²) in [7, 11) is 0. The van der Waals surface area contributed by atoms with Crippen molar-refractivity contribution in [3.8, 4) is 0 Å². The number of rotatable bonds is 2. The molecule has 100 valence electrons. The molecule has 0 radical (unpaired) electrons. The van der Waals surface area contributed by atoms with Crippen molar-refractivity contribution in [3.05, 3.63) is 17.7 Å². The second kappa shape index (κ2) is 5.02. The largest absolute Gasteiger partial charge is 0.385 e. The summed E-state index contributed by atoms with van der Waals surface area (Å²) in [5, 5.41) is 9.98. The molecule has 2 aliphatic heterocycles. The predicted molar refractivity (Wildman–Crippen MR) is 70.5 cm³/mol.